The number of nitrogens with zero attached hydrogens (tertiary/aromatic N) is 2. The van der Waals surface area contributed by atoms with E-state index in [1.807, 2.05) is 0 Å². The summed E-state index contributed by atoms with van der Waals surface area (Å²) in [6, 6.07) is 6.59. The number of aliphatic hydroxyl groups is 2. The Labute approximate surface area is 222 Å². The molecular weight excluding hydrogens is 545 g/mol. The van der Waals surface area contributed by atoms with Gasteiger partial charge in [-0.25, -0.2) is 18.1 Å². The number of nitrogen functional groups attached to an aromatic ring is 1. The van der Waals surface area contributed by atoms with E-state index in [1.165, 1.54) is 26.0 Å². The summed E-state index contributed by atoms with van der Waals surface area (Å²) in [6.07, 6.45) is -7.01. The van der Waals surface area contributed by atoms with Crippen molar-refractivity contribution >= 4 is 19.5 Å². The highest BCUT2D eigenvalue weighted by Gasteiger charge is 2.59. The van der Waals surface area contributed by atoms with Gasteiger partial charge in [-0.3, -0.25) is 13.9 Å². The van der Waals surface area contributed by atoms with Crippen molar-refractivity contribution in [1.29, 1.82) is 0 Å². The first kappa shape index (κ1) is 30.6. The molecule has 5 N–H and O–H groups in total. The zero-order chi connectivity index (χ0) is 29.1. The molecular formula is C23H31F2N4O9P. The van der Waals surface area contributed by atoms with Crippen molar-refractivity contribution < 1.29 is 46.9 Å². The molecule has 39 heavy (non-hydrogen) atoms. The fraction of sp³-hybridized carbons (Fsp3) is 0.522. The second kappa shape index (κ2) is 12.1. The van der Waals surface area contributed by atoms with Crippen LogP contribution >= 0.6 is 7.75 Å². The Hall–Kier alpha value is -2.94. The van der Waals surface area contributed by atoms with Gasteiger partial charge in [0.25, 0.3) is 0 Å². The Kier molecular flexibility index (Phi) is 9.47. The highest BCUT2D eigenvalue weighted by atomic mass is 31.2. The van der Waals surface area contributed by atoms with Crippen LogP contribution in [0.2, 0.25) is 0 Å². The summed E-state index contributed by atoms with van der Waals surface area (Å²) in [4.78, 5) is 27.9. The molecule has 0 radical (unpaired) electrons. The summed E-state index contributed by atoms with van der Waals surface area (Å²) in [6.45, 7) is 4.23. The van der Waals surface area contributed by atoms with E-state index in [0.29, 0.717) is 10.8 Å². The molecule has 2 heterocycles. The topological polar surface area (TPSA) is 184 Å². The third-order valence-electron chi connectivity index (χ3n) is 5.73. The van der Waals surface area contributed by atoms with Gasteiger partial charge in [0, 0.05) is 0 Å². The van der Waals surface area contributed by atoms with E-state index in [0.717, 1.165) is 0 Å². The van der Waals surface area contributed by atoms with Gasteiger partial charge in [0.15, 0.2) is 23.5 Å². The van der Waals surface area contributed by atoms with Crippen molar-refractivity contribution in [2.45, 2.75) is 70.0 Å². The number of carbonyl (C=O) groups excluding carboxylic acids is 1. The lowest BCUT2D eigenvalue weighted by Crippen LogP contribution is -2.51. The van der Waals surface area contributed by atoms with E-state index in [9.17, 15) is 33.1 Å². The summed E-state index contributed by atoms with van der Waals surface area (Å²) in [7, 11) is -4.47. The minimum absolute atomic E-state index is 0.0889. The smallest absolute Gasteiger partial charge is 0.459 e. The molecule has 1 unspecified atom stereocenters. The summed E-state index contributed by atoms with van der Waals surface area (Å²) < 4.78 is 64.2. The Balaban J connectivity index is 1.91. The van der Waals surface area contributed by atoms with E-state index in [2.05, 4.69) is 10.1 Å². The van der Waals surface area contributed by atoms with Crippen molar-refractivity contribution in [1.82, 2.24) is 14.6 Å². The first-order chi connectivity index (χ1) is 18.2. The normalized spacial score (nSPS) is 26.1. The molecule has 1 aromatic heterocycles. The number of anilines is 1. The first-order valence-corrected chi connectivity index (χ1v) is 13.4. The lowest BCUT2D eigenvalue weighted by Gasteiger charge is -2.30. The number of nitrogens with one attached hydrogen (secondary N) is 1. The van der Waals surface area contributed by atoms with E-state index >= 15 is 0 Å². The third kappa shape index (κ3) is 6.80. The van der Waals surface area contributed by atoms with Crippen LogP contribution in [0.15, 0.2) is 41.3 Å². The zero-order valence-corrected chi connectivity index (χ0v) is 22.5. The minimum atomic E-state index is -4.47. The van der Waals surface area contributed by atoms with Crippen LogP contribution in [0.25, 0.3) is 0 Å². The number of hydrogen-bond donors (Lipinski definition) is 4. The van der Waals surface area contributed by atoms with Crippen LogP contribution in [0.3, 0.4) is 0 Å². The molecule has 1 aromatic carbocycles. The number of para-hydroxylation sites is 1. The summed E-state index contributed by atoms with van der Waals surface area (Å²) >= 11 is 0. The predicted molar refractivity (Wildman–Crippen MR) is 133 cm³/mol. The number of carbonyl (C=O) groups is 1. The fourth-order valence-corrected chi connectivity index (χ4v) is 5.51. The van der Waals surface area contributed by atoms with Crippen molar-refractivity contribution in [2.24, 2.45) is 0 Å². The standard InChI is InChI=1S/C23H31F2N4O9P/c1-12(2)35-20(31)13(3)28-39(34,38-15-8-6-5-7-9-15)37-14(4)17-18(30)23(33,11-24)21(36-17)29-10-16(25)19(26)27-22(29)32/h5-10,12-14,17-18,21,30,33H,11H2,1-4H3,(H,28,34)(H2,26,27,32)/t13-,14-,17+,18?,21+,23+,39-/m0/s1. The van der Waals surface area contributed by atoms with Crippen LogP contribution in [0, 0.1) is 5.82 Å². The third-order valence-corrected chi connectivity index (χ3v) is 7.50. The van der Waals surface area contributed by atoms with Crippen LogP contribution in [0.4, 0.5) is 14.6 Å². The quantitative estimate of drug-likeness (QED) is 0.223. The van der Waals surface area contributed by atoms with E-state index < -0.39 is 80.0 Å². The van der Waals surface area contributed by atoms with Gasteiger partial charge in [-0.1, -0.05) is 18.2 Å². The number of aromatic nitrogens is 2. The fourth-order valence-electron chi connectivity index (χ4n) is 3.82. The Morgan fingerprint density at radius 2 is 1.95 bits per heavy atom. The van der Waals surface area contributed by atoms with E-state index in [4.69, 9.17) is 24.3 Å². The van der Waals surface area contributed by atoms with Crippen LogP contribution in [-0.2, 0) is 23.4 Å². The molecule has 13 nitrogen and oxygen atoms in total. The predicted octanol–water partition coefficient (Wildman–Crippen LogP) is 1.45. The molecule has 7 atom stereocenters. The van der Waals surface area contributed by atoms with Crippen LogP contribution in [0.1, 0.15) is 33.9 Å². The van der Waals surface area contributed by atoms with Gasteiger partial charge in [0.05, 0.1) is 18.4 Å². The highest BCUT2D eigenvalue weighted by Crippen LogP contribution is 2.49. The van der Waals surface area contributed by atoms with Crippen LogP contribution in [0.5, 0.6) is 5.75 Å². The van der Waals surface area contributed by atoms with Gasteiger partial charge in [-0.15, -0.1) is 0 Å². The number of rotatable bonds is 11. The van der Waals surface area contributed by atoms with Gasteiger partial charge >= 0.3 is 19.4 Å². The van der Waals surface area contributed by atoms with Gasteiger partial charge in [0.1, 0.15) is 30.7 Å². The Morgan fingerprint density at radius 1 is 1.31 bits per heavy atom. The maximum atomic E-state index is 14.1. The second-order valence-corrected chi connectivity index (χ2v) is 10.9. The van der Waals surface area contributed by atoms with Crippen LogP contribution < -0.4 is 21.0 Å². The zero-order valence-electron chi connectivity index (χ0n) is 21.6. The second-order valence-electron chi connectivity index (χ2n) is 9.24. The van der Waals surface area contributed by atoms with Crippen molar-refractivity contribution in [3.63, 3.8) is 0 Å². The van der Waals surface area contributed by atoms with Gasteiger partial charge in [0.2, 0.25) is 0 Å². The molecule has 1 aliphatic heterocycles. The summed E-state index contributed by atoms with van der Waals surface area (Å²) in [5, 5.41) is 24.2. The largest absolute Gasteiger partial charge is 0.462 e. The molecule has 1 saturated heterocycles. The maximum Gasteiger partial charge on any atom is 0.459 e. The molecule has 2 aromatic rings. The molecule has 1 fully saturated rings. The number of benzene rings is 1. The number of aliphatic hydroxyl groups excluding tert-OH is 1. The van der Waals surface area contributed by atoms with E-state index in [1.54, 1.807) is 32.0 Å². The molecule has 216 valence electrons. The molecule has 0 bridgehead atoms. The van der Waals surface area contributed by atoms with Gasteiger partial charge in [-0.05, 0) is 39.8 Å². The van der Waals surface area contributed by atoms with Crippen LogP contribution in [-0.4, -0.2) is 68.5 Å². The molecule has 3 rings (SSSR count). The average Bonchev–Trinajstić information content (AvgIpc) is 3.12. The van der Waals surface area contributed by atoms with Gasteiger partial charge in [-0.2, -0.15) is 10.1 Å². The number of alkyl halides is 1. The monoisotopic (exact) mass is 576 g/mol. The molecule has 1 aliphatic rings. The summed E-state index contributed by atoms with van der Waals surface area (Å²) in [5.41, 5.74) is 1.33. The number of halogens is 2. The Morgan fingerprint density at radius 3 is 2.54 bits per heavy atom. The number of hydrogen-bond acceptors (Lipinski definition) is 11. The molecule has 0 amide bonds. The van der Waals surface area contributed by atoms with E-state index in [-0.39, 0.29) is 5.75 Å². The van der Waals surface area contributed by atoms with Gasteiger partial charge < -0.3 is 29.9 Å². The molecule has 0 aliphatic carbocycles. The van der Waals surface area contributed by atoms with Crippen molar-refractivity contribution in [3.8, 4) is 5.75 Å². The first-order valence-electron chi connectivity index (χ1n) is 11.9. The highest BCUT2D eigenvalue weighted by molar-refractivity contribution is 7.52. The Bertz CT molecular complexity index is 1270. The molecule has 16 heteroatoms. The summed E-state index contributed by atoms with van der Waals surface area (Å²) in [5.74, 6) is -2.57. The molecule has 0 spiro atoms. The minimum Gasteiger partial charge on any atom is -0.462 e. The molecule has 0 saturated carbocycles. The number of ether oxygens (including phenoxy) is 2. The van der Waals surface area contributed by atoms with Crippen molar-refractivity contribution in [3.05, 3.63) is 52.8 Å². The number of nitrogens with two attached hydrogens (primary N) is 1. The average molecular weight is 576 g/mol. The SMILES string of the molecule is CC(C)OC(=O)[C@H](C)N[P@@](=O)(Oc1ccccc1)O[C@@H](C)[C@H]1O[C@@H](n2cc(F)c(N)nc2=O)[C@@](O)(CF)C1O. The maximum absolute atomic E-state index is 14.1. The van der Waals surface area contributed by atoms with Crippen molar-refractivity contribution in [2.75, 3.05) is 12.4 Å². The number of esters is 1. The lowest BCUT2D eigenvalue weighted by molar-refractivity contribution is -0.149. The lowest BCUT2D eigenvalue weighted by atomic mass is 9.93.